The van der Waals surface area contributed by atoms with E-state index in [9.17, 15) is 35.5 Å². The van der Waals surface area contributed by atoms with Crippen LogP contribution in [0.15, 0.2) is 0 Å². The van der Waals surface area contributed by atoms with Crippen LogP contribution in [0.2, 0.25) is 0 Å². The predicted molar refractivity (Wildman–Crippen MR) is 92.3 cm³/mol. The van der Waals surface area contributed by atoms with Crippen molar-refractivity contribution >= 4 is 69.8 Å². The number of hydrogen-bond donors (Lipinski definition) is 2. The average molecular weight is 467 g/mol. The van der Waals surface area contributed by atoms with Crippen LogP contribution >= 0.6 is 0 Å². The van der Waals surface area contributed by atoms with E-state index in [0.29, 0.717) is 0 Å². The molecule has 26 heavy (non-hydrogen) atoms. The van der Waals surface area contributed by atoms with Crippen LogP contribution in [-0.2, 0) is 29.8 Å². The minimum atomic E-state index is -5.76. The zero-order chi connectivity index (χ0) is 28.6. The third kappa shape index (κ3) is 49.6. The summed E-state index contributed by atoms with van der Waals surface area (Å²) < 4.78 is 148. The second-order valence-electron chi connectivity index (χ2n) is 2.97. The van der Waals surface area contributed by atoms with Gasteiger partial charge in [0, 0.05) is 54.7 Å². The summed E-state index contributed by atoms with van der Waals surface area (Å²) in [5.41, 5.74) is -8.07. The molecule has 0 fully saturated rings. The molecule has 0 aromatic heterocycles. The molecule has 13 nitrogen and oxygen atoms in total. The number of hydrogen-bond acceptors (Lipinski definition) is 8. The van der Waals surface area contributed by atoms with E-state index in [4.69, 9.17) is 16.4 Å². The van der Waals surface area contributed by atoms with Crippen LogP contribution in [0, 0.1) is 0 Å². The minimum Gasteiger partial charge on any atom is -0.748 e. The first kappa shape index (κ1) is 15.8. The van der Waals surface area contributed by atoms with Crippen molar-refractivity contribution in [2.45, 2.75) is 26.6 Å². The Bertz CT molecular complexity index is 929. The summed E-state index contributed by atoms with van der Waals surface area (Å²) in [5.74, 6) is -2.09. The summed E-state index contributed by atoms with van der Waals surface area (Å²) in [4.78, 5) is 21.2. The molecule has 0 saturated carbocycles. The molecular formula is C10H26CaN2O11S2. The van der Waals surface area contributed by atoms with Gasteiger partial charge in [-0.1, -0.05) is 0 Å². The molecule has 0 saturated heterocycles. The summed E-state index contributed by atoms with van der Waals surface area (Å²) in [6.07, 6.45) is -7.52. The van der Waals surface area contributed by atoms with Crippen molar-refractivity contribution in [2.24, 2.45) is 0 Å². The van der Waals surface area contributed by atoms with Gasteiger partial charge in [-0.2, -0.15) is 0 Å². The molecule has 0 unspecified atom stereocenters. The molecule has 0 spiro atoms. The van der Waals surface area contributed by atoms with Crippen LogP contribution in [0.5, 0.6) is 0 Å². The zero-order valence-electron chi connectivity index (χ0n) is 25.3. The van der Waals surface area contributed by atoms with E-state index >= 15 is 0 Å². The van der Waals surface area contributed by atoms with Crippen LogP contribution in [0.25, 0.3) is 0 Å². The van der Waals surface area contributed by atoms with Gasteiger partial charge >= 0.3 is 37.7 Å². The molecule has 0 atom stereocenters. The fourth-order valence-electron chi connectivity index (χ4n) is 0.415. The molecule has 0 aliphatic carbocycles. The van der Waals surface area contributed by atoms with Gasteiger partial charge in [0.15, 0.2) is 0 Å². The van der Waals surface area contributed by atoms with Crippen LogP contribution in [-0.4, -0.2) is 116 Å². The van der Waals surface area contributed by atoms with E-state index in [1.165, 1.54) is 10.6 Å². The number of carbonyl (C=O) groups excluding carboxylic acids is 2. The van der Waals surface area contributed by atoms with E-state index in [0.717, 1.165) is 13.8 Å². The molecular weight excluding hydrogens is 428 g/mol. The summed E-state index contributed by atoms with van der Waals surface area (Å²) in [7, 11) is -11.5. The molecule has 0 radical (unpaired) electrons. The van der Waals surface area contributed by atoms with Gasteiger partial charge in [-0.05, 0) is 12.7 Å². The smallest absolute Gasteiger partial charge is 0.748 e. The Morgan fingerprint density at radius 1 is 0.808 bits per heavy atom. The molecule has 16 heteroatoms. The minimum absolute atomic E-state index is 0. The van der Waals surface area contributed by atoms with Crippen LogP contribution in [0.3, 0.4) is 0 Å². The topological polar surface area (TPSA) is 267 Å². The summed E-state index contributed by atoms with van der Waals surface area (Å²) in [6.45, 7) is -5.07. The Morgan fingerprint density at radius 3 is 1.19 bits per heavy atom. The van der Waals surface area contributed by atoms with E-state index in [1.54, 1.807) is 0 Å². The third-order valence-corrected chi connectivity index (χ3v) is 1.66. The number of carbonyl (C=O) groups is 2. The standard InChI is InChI=1S/2C5H11NO4S.Ca.3H2O/c2*1-5(7)6-3-2-4-11(8,9)10;;;;/h2*2-4H2,1H3,(H,6,7)(H,8,9,10);;3*1H2/q;;+2;;;/p-2/i2*2D2,3D2,4D2;;;;. The first-order valence-electron chi connectivity index (χ1n) is 10.8. The Balaban J connectivity index is -0.000000122. The van der Waals surface area contributed by atoms with Crippen molar-refractivity contribution in [1.82, 2.24) is 10.6 Å². The van der Waals surface area contributed by atoms with Gasteiger partial charge in [0.1, 0.15) is 0 Å². The number of nitrogens with one attached hydrogen (secondary N) is 2. The second kappa shape index (κ2) is 21.2. The van der Waals surface area contributed by atoms with E-state index in [-0.39, 0.29) is 54.2 Å². The third-order valence-electron chi connectivity index (χ3n) is 0.954. The maximum Gasteiger partial charge on any atom is 2.00 e. The van der Waals surface area contributed by atoms with Crippen LogP contribution in [0.4, 0.5) is 0 Å². The van der Waals surface area contributed by atoms with E-state index in [1.807, 2.05) is 0 Å². The Morgan fingerprint density at radius 2 is 1.04 bits per heavy atom. The SMILES string of the molecule is O.O.O.[2H]C([2H])(NC(C)=O)C([2H])([2H])C([2H])([2H])S(=O)(=O)[O-].[2H]C([2H])(NC(C)=O)C([2H])([2H])C([2H])([2H])S(=O)(=O)[O-].[Ca+2]. The summed E-state index contributed by atoms with van der Waals surface area (Å²) in [5, 5.41) is 2.83. The van der Waals surface area contributed by atoms with Gasteiger partial charge in [0.05, 0.1) is 20.2 Å². The fourth-order valence-corrected chi connectivity index (χ4v) is 0.767. The van der Waals surface area contributed by atoms with Gasteiger partial charge in [-0.3, -0.25) is 9.59 Å². The molecule has 0 aromatic carbocycles. The fraction of sp³-hybridized carbons (Fsp3) is 0.800. The van der Waals surface area contributed by atoms with Gasteiger partial charge in [0.25, 0.3) is 0 Å². The molecule has 156 valence electrons. The van der Waals surface area contributed by atoms with Gasteiger partial charge in [-0.15, -0.1) is 0 Å². The van der Waals surface area contributed by atoms with E-state index < -0.39 is 69.2 Å². The molecule has 2 amide bonds. The average Bonchev–Trinajstić information content (AvgIpc) is 2.50. The van der Waals surface area contributed by atoms with Gasteiger partial charge < -0.3 is 36.2 Å². The first-order valence-corrected chi connectivity index (χ1v) is 7.63. The predicted octanol–water partition coefficient (Wildman–Crippen LogP) is -4.74. The molecule has 0 rings (SSSR count). The second-order valence-corrected chi connectivity index (χ2v) is 5.20. The maximum absolute atomic E-state index is 10.6. The summed E-state index contributed by atoms with van der Waals surface area (Å²) >= 11 is 0. The quantitative estimate of drug-likeness (QED) is 0.258. The molecule has 0 aromatic rings. The Hall–Kier alpha value is -0.100. The van der Waals surface area contributed by atoms with Crippen molar-refractivity contribution in [3.05, 3.63) is 0 Å². The largest absolute Gasteiger partial charge is 2.00 e. The maximum atomic E-state index is 10.6. The van der Waals surface area contributed by atoms with Crippen molar-refractivity contribution in [3.63, 3.8) is 0 Å². The van der Waals surface area contributed by atoms with Crippen LogP contribution in [0.1, 0.15) is 43.0 Å². The molecule has 0 aliphatic rings. The van der Waals surface area contributed by atoms with Crippen molar-refractivity contribution in [1.29, 1.82) is 0 Å². The van der Waals surface area contributed by atoms with E-state index in [2.05, 4.69) is 0 Å². The number of amides is 2. The Kier molecular flexibility index (Phi) is 12.9. The Labute approximate surface area is 199 Å². The molecule has 0 heterocycles. The van der Waals surface area contributed by atoms with Crippen molar-refractivity contribution in [3.8, 4) is 0 Å². The van der Waals surface area contributed by atoms with Gasteiger partial charge in [-0.25, -0.2) is 16.8 Å². The normalized spacial score (nSPS) is 19.5. The van der Waals surface area contributed by atoms with Gasteiger partial charge in [0.2, 0.25) is 11.8 Å². The molecule has 8 N–H and O–H groups in total. The number of rotatable bonds is 8. The van der Waals surface area contributed by atoms with Crippen molar-refractivity contribution in [2.75, 3.05) is 24.4 Å². The zero-order valence-corrected chi connectivity index (χ0v) is 17.1. The van der Waals surface area contributed by atoms with Crippen molar-refractivity contribution < 1.29 is 68.4 Å². The summed E-state index contributed by atoms with van der Waals surface area (Å²) in [6, 6.07) is 0. The monoisotopic (exact) mass is 466 g/mol. The van der Waals surface area contributed by atoms with Crippen LogP contribution < -0.4 is 10.6 Å². The molecule has 0 bridgehead atoms. The molecule has 0 aliphatic heterocycles. The first-order chi connectivity index (χ1) is 14.3.